The number of hydrogen-bond acceptors (Lipinski definition) is 3. The molecule has 0 radical (unpaired) electrons. The molecule has 0 atom stereocenters. The van der Waals surface area contributed by atoms with Crippen molar-refractivity contribution in [3.05, 3.63) is 52.2 Å². The summed E-state index contributed by atoms with van der Waals surface area (Å²) in [4.78, 5) is 11.0. The first-order valence-corrected chi connectivity index (χ1v) is 8.04. The summed E-state index contributed by atoms with van der Waals surface area (Å²) < 4.78 is 5.57. The molecule has 0 aliphatic carbocycles. The molecule has 7 heteroatoms. The Bertz CT molecular complexity index is 650. The van der Waals surface area contributed by atoms with Gasteiger partial charge in [-0.1, -0.05) is 23.7 Å². The van der Waals surface area contributed by atoms with Gasteiger partial charge in [0, 0.05) is 25.2 Å². The van der Waals surface area contributed by atoms with Crippen LogP contribution in [0, 0.1) is 13.8 Å². The van der Waals surface area contributed by atoms with Crippen molar-refractivity contribution >= 4 is 41.5 Å². The second-order valence-corrected chi connectivity index (χ2v) is 5.84. The van der Waals surface area contributed by atoms with Crippen LogP contribution in [-0.4, -0.2) is 29.4 Å². The number of halogens is 2. The number of nitrogens with one attached hydrogen (secondary N) is 1. The molecule has 0 amide bonds. The van der Waals surface area contributed by atoms with Gasteiger partial charge in [-0.3, -0.25) is 0 Å². The SMILES string of the molecule is CCNC(=NCc1nc(C)c(C)o1)N(C)Cc1ccc(Cl)cc1.I. The Morgan fingerprint density at radius 1 is 1.29 bits per heavy atom. The minimum Gasteiger partial charge on any atom is -0.444 e. The van der Waals surface area contributed by atoms with Gasteiger partial charge in [0.25, 0.3) is 0 Å². The molecule has 5 nitrogen and oxygen atoms in total. The van der Waals surface area contributed by atoms with E-state index in [1.165, 1.54) is 5.56 Å². The van der Waals surface area contributed by atoms with Crippen molar-refractivity contribution in [3.8, 4) is 0 Å². The fraction of sp³-hybridized carbons (Fsp3) is 0.412. The molecule has 0 aliphatic rings. The molecule has 132 valence electrons. The third-order valence-corrected chi connectivity index (χ3v) is 3.72. The van der Waals surface area contributed by atoms with Crippen molar-refractivity contribution < 1.29 is 4.42 Å². The van der Waals surface area contributed by atoms with Crippen molar-refractivity contribution in [2.24, 2.45) is 4.99 Å². The smallest absolute Gasteiger partial charge is 0.216 e. The van der Waals surface area contributed by atoms with Crippen LogP contribution in [0.3, 0.4) is 0 Å². The lowest BCUT2D eigenvalue weighted by Gasteiger charge is -2.22. The number of nitrogens with zero attached hydrogens (tertiary/aromatic N) is 3. The highest BCUT2D eigenvalue weighted by molar-refractivity contribution is 14.0. The van der Waals surface area contributed by atoms with E-state index in [1.54, 1.807) is 0 Å². The van der Waals surface area contributed by atoms with Crippen LogP contribution in [-0.2, 0) is 13.1 Å². The van der Waals surface area contributed by atoms with E-state index in [2.05, 4.69) is 20.2 Å². The third-order valence-electron chi connectivity index (χ3n) is 3.47. The lowest BCUT2D eigenvalue weighted by atomic mass is 10.2. The molecule has 0 spiro atoms. The molecule has 0 fully saturated rings. The van der Waals surface area contributed by atoms with Crippen LogP contribution >= 0.6 is 35.6 Å². The minimum atomic E-state index is 0. The van der Waals surface area contributed by atoms with Crippen LogP contribution in [0.5, 0.6) is 0 Å². The van der Waals surface area contributed by atoms with Crippen LogP contribution in [0.2, 0.25) is 5.02 Å². The molecule has 1 N–H and O–H groups in total. The Morgan fingerprint density at radius 2 is 1.96 bits per heavy atom. The zero-order valence-electron chi connectivity index (χ0n) is 14.5. The van der Waals surface area contributed by atoms with Crippen LogP contribution in [0.25, 0.3) is 0 Å². The molecule has 0 saturated heterocycles. The van der Waals surface area contributed by atoms with E-state index in [9.17, 15) is 0 Å². The molecule has 1 aromatic heterocycles. The van der Waals surface area contributed by atoms with E-state index < -0.39 is 0 Å². The Kier molecular flexibility index (Phi) is 8.55. The van der Waals surface area contributed by atoms with E-state index >= 15 is 0 Å². The van der Waals surface area contributed by atoms with Gasteiger partial charge >= 0.3 is 0 Å². The molecule has 0 unspecified atom stereocenters. The number of aromatic nitrogens is 1. The number of guanidine groups is 1. The van der Waals surface area contributed by atoms with Crippen molar-refractivity contribution in [3.63, 3.8) is 0 Å². The van der Waals surface area contributed by atoms with Crippen molar-refractivity contribution in [2.45, 2.75) is 33.9 Å². The second kappa shape index (κ2) is 9.88. The topological polar surface area (TPSA) is 53.7 Å². The van der Waals surface area contributed by atoms with Crippen molar-refractivity contribution in [2.75, 3.05) is 13.6 Å². The first-order valence-electron chi connectivity index (χ1n) is 7.66. The maximum Gasteiger partial charge on any atom is 0.216 e. The van der Waals surface area contributed by atoms with Gasteiger partial charge < -0.3 is 14.6 Å². The van der Waals surface area contributed by atoms with E-state index in [0.29, 0.717) is 12.4 Å². The molecule has 0 bridgehead atoms. The normalized spacial score (nSPS) is 11.1. The lowest BCUT2D eigenvalue weighted by molar-refractivity contribution is 0.458. The minimum absolute atomic E-state index is 0. The molecule has 1 heterocycles. The second-order valence-electron chi connectivity index (χ2n) is 5.40. The molecule has 24 heavy (non-hydrogen) atoms. The van der Waals surface area contributed by atoms with Crippen molar-refractivity contribution in [1.82, 2.24) is 15.2 Å². The summed E-state index contributed by atoms with van der Waals surface area (Å²) in [6, 6.07) is 7.83. The van der Waals surface area contributed by atoms with Gasteiger partial charge in [0.15, 0.2) is 5.96 Å². The summed E-state index contributed by atoms with van der Waals surface area (Å²) in [7, 11) is 2.00. The van der Waals surface area contributed by atoms with E-state index in [0.717, 1.165) is 35.5 Å². The number of oxazole rings is 1. The van der Waals surface area contributed by atoms with Gasteiger partial charge in [-0.25, -0.2) is 9.98 Å². The number of aryl methyl sites for hydroxylation is 2. The first kappa shape index (κ1) is 20.8. The highest BCUT2D eigenvalue weighted by atomic mass is 127. The van der Waals surface area contributed by atoms with Gasteiger partial charge in [-0.15, -0.1) is 24.0 Å². The van der Waals surface area contributed by atoms with Crippen LogP contribution in [0.15, 0.2) is 33.7 Å². The zero-order valence-corrected chi connectivity index (χ0v) is 17.6. The van der Waals surface area contributed by atoms with Crippen molar-refractivity contribution in [1.29, 1.82) is 0 Å². The van der Waals surface area contributed by atoms with Gasteiger partial charge in [-0.05, 0) is 38.5 Å². The van der Waals surface area contributed by atoms with Crippen LogP contribution in [0.1, 0.15) is 29.8 Å². The first-order chi connectivity index (χ1) is 11.0. The number of benzene rings is 1. The quantitative estimate of drug-likeness (QED) is 0.412. The number of hydrogen-bond donors (Lipinski definition) is 1. The zero-order chi connectivity index (χ0) is 16.8. The summed E-state index contributed by atoms with van der Waals surface area (Å²) in [5.41, 5.74) is 2.08. The Hall–Kier alpha value is -1.28. The van der Waals surface area contributed by atoms with E-state index in [1.807, 2.05) is 52.1 Å². The summed E-state index contributed by atoms with van der Waals surface area (Å²) in [6.45, 7) is 7.85. The predicted molar refractivity (Wildman–Crippen MR) is 109 cm³/mol. The molecular formula is C17H24ClIN4O. The summed E-state index contributed by atoms with van der Waals surface area (Å²) in [6.07, 6.45) is 0. The Balaban J connectivity index is 0.00000288. The van der Waals surface area contributed by atoms with Gasteiger partial charge in [-0.2, -0.15) is 0 Å². The maximum absolute atomic E-state index is 5.93. The lowest BCUT2D eigenvalue weighted by Crippen LogP contribution is -2.38. The molecule has 2 aromatic rings. The predicted octanol–water partition coefficient (Wildman–Crippen LogP) is 4.16. The average Bonchev–Trinajstić information content (AvgIpc) is 2.84. The number of rotatable bonds is 5. The molecule has 1 aromatic carbocycles. The van der Waals surface area contributed by atoms with Crippen LogP contribution < -0.4 is 5.32 Å². The average molecular weight is 463 g/mol. The van der Waals surface area contributed by atoms with Crippen LogP contribution in [0.4, 0.5) is 0 Å². The van der Waals surface area contributed by atoms with Gasteiger partial charge in [0.2, 0.25) is 5.89 Å². The third kappa shape index (κ3) is 5.98. The van der Waals surface area contributed by atoms with E-state index in [4.69, 9.17) is 16.0 Å². The number of aliphatic imine (C=N–C) groups is 1. The molecular weight excluding hydrogens is 439 g/mol. The summed E-state index contributed by atoms with van der Waals surface area (Å²) >= 11 is 5.93. The monoisotopic (exact) mass is 462 g/mol. The fourth-order valence-corrected chi connectivity index (χ4v) is 2.28. The van der Waals surface area contributed by atoms with Gasteiger partial charge in [0.05, 0.1) is 5.69 Å². The van der Waals surface area contributed by atoms with Gasteiger partial charge in [0.1, 0.15) is 12.3 Å². The fourth-order valence-electron chi connectivity index (χ4n) is 2.16. The Morgan fingerprint density at radius 3 is 2.50 bits per heavy atom. The Labute approximate surface area is 165 Å². The highest BCUT2D eigenvalue weighted by Crippen LogP contribution is 2.12. The summed E-state index contributed by atoms with van der Waals surface area (Å²) in [5.74, 6) is 2.29. The van der Waals surface area contributed by atoms with E-state index in [-0.39, 0.29) is 24.0 Å². The highest BCUT2D eigenvalue weighted by Gasteiger charge is 2.09. The maximum atomic E-state index is 5.93. The standard InChI is InChI=1S/C17H23ClN4O.HI/c1-5-19-17(20-10-16-21-12(2)13(3)23-16)22(4)11-14-6-8-15(18)9-7-14;/h6-9H,5,10-11H2,1-4H3,(H,19,20);1H. The largest absolute Gasteiger partial charge is 0.444 e. The molecule has 0 saturated carbocycles. The molecule has 2 rings (SSSR count). The summed E-state index contributed by atoms with van der Waals surface area (Å²) in [5, 5.41) is 4.03. The molecule has 0 aliphatic heterocycles.